The predicted octanol–water partition coefficient (Wildman–Crippen LogP) is 2.79. The second-order valence-electron chi connectivity index (χ2n) is 1.86. The summed E-state index contributed by atoms with van der Waals surface area (Å²) in [5.74, 6) is 0. The molecule has 0 heterocycles. The van der Waals surface area contributed by atoms with Crippen LogP contribution in [0.1, 0.15) is 6.42 Å². The van der Waals surface area contributed by atoms with E-state index in [4.69, 9.17) is 5.41 Å². The minimum absolute atomic E-state index is 0. The lowest BCUT2D eigenvalue weighted by molar-refractivity contribution is 1.36. The Bertz CT molecular complexity index is 184. The van der Waals surface area contributed by atoms with Gasteiger partial charge in [-0.25, -0.2) is 0 Å². The predicted molar refractivity (Wildman–Crippen MR) is 53.4 cm³/mol. The van der Waals surface area contributed by atoms with Gasteiger partial charge in [0.25, 0.3) is 0 Å². The van der Waals surface area contributed by atoms with E-state index in [9.17, 15) is 0 Å². The van der Waals surface area contributed by atoms with Crippen LogP contribution in [0.4, 0.5) is 0 Å². The highest BCUT2D eigenvalue weighted by Gasteiger charge is 2.02. The molecule has 0 aromatic heterocycles. The summed E-state index contributed by atoms with van der Waals surface area (Å²) in [6.45, 7) is 0. The third-order valence-corrected chi connectivity index (χ3v) is 1.94. The molecule has 0 bridgehead atoms. The highest BCUT2D eigenvalue weighted by atomic mass is 79.9. The fourth-order valence-corrected chi connectivity index (χ4v) is 1.16. The third-order valence-electron chi connectivity index (χ3n) is 1.27. The van der Waals surface area contributed by atoms with Gasteiger partial charge in [0.1, 0.15) is 0 Å². The maximum Gasteiger partial charge on any atom is 0.0902 e. The van der Waals surface area contributed by atoms with E-state index in [1.807, 2.05) is 18.4 Å². The molecule has 0 aromatic carbocycles. The second kappa shape index (κ2) is 4.74. The summed E-state index contributed by atoms with van der Waals surface area (Å²) < 4.78 is 0. The molecule has 0 saturated carbocycles. The van der Waals surface area contributed by atoms with E-state index in [0.29, 0.717) is 5.04 Å². The average Bonchev–Trinajstić information content (AvgIpc) is 2.37. The van der Waals surface area contributed by atoms with E-state index in [1.165, 1.54) is 11.8 Å². The van der Waals surface area contributed by atoms with Crippen molar-refractivity contribution in [3.05, 3.63) is 23.8 Å². The number of hydrogen-bond acceptors (Lipinski definition) is 2. The number of halogens is 1. The Kier molecular flexibility index (Phi) is 4.73. The van der Waals surface area contributed by atoms with E-state index < -0.39 is 0 Å². The van der Waals surface area contributed by atoms with Gasteiger partial charge in [-0.1, -0.05) is 18.2 Å². The van der Waals surface area contributed by atoms with Crippen LogP contribution in [0.5, 0.6) is 0 Å². The summed E-state index contributed by atoms with van der Waals surface area (Å²) >= 11 is 1.50. The van der Waals surface area contributed by atoms with Crippen LogP contribution in [0.2, 0.25) is 0 Å². The molecule has 0 atom stereocenters. The quantitative estimate of drug-likeness (QED) is 0.533. The SMILES string of the molecule is Br.CSC(=N)C1=CC=CC1. The zero-order valence-corrected chi connectivity index (χ0v) is 8.29. The minimum Gasteiger partial charge on any atom is -0.294 e. The second-order valence-corrected chi connectivity index (χ2v) is 2.67. The van der Waals surface area contributed by atoms with Crippen molar-refractivity contribution in [3.63, 3.8) is 0 Å². The van der Waals surface area contributed by atoms with Gasteiger partial charge in [0, 0.05) is 0 Å². The Labute approximate surface area is 75.9 Å². The molecule has 1 nitrogen and oxygen atoms in total. The number of allylic oxidation sites excluding steroid dienone is 3. The third kappa shape index (κ3) is 2.31. The van der Waals surface area contributed by atoms with Gasteiger partial charge in [-0.2, -0.15) is 0 Å². The molecular formula is C7H10BrNS. The van der Waals surface area contributed by atoms with Crippen molar-refractivity contribution in [1.29, 1.82) is 5.41 Å². The molecule has 0 radical (unpaired) electrons. The van der Waals surface area contributed by atoms with Crippen LogP contribution in [-0.2, 0) is 0 Å². The van der Waals surface area contributed by atoms with Crippen LogP contribution < -0.4 is 0 Å². The molecule has 0 saturated heterocycles. The average molecular weight is 220 g/mol. The number of thioether (sulfide) groups is 1. The molecule has 0 fully saturated rings. The summed E-state index contributed by atoms with van der Waals surface area (Å²) in [6.07, 6.45) is 8.94. The molecule has 3 heteroatoms. The molecule has 1 N–H and O–H groups in total. The lowest BCUT2D eigenvalue weighted by atomic mass is 10.3. The maximum atomic E-state index is 7.39. The Morgan fingerprint density at radius 2 is 2.40 bits per heavy atom. The number of rotatable bonds is 1. The van der Waals surface area contributed by atoms with Crippen LogP contribution in [0.3, 0.4) is 0 Å². The summed E-state index contributed by atoms with van der Waals surface area (Å²) in [5.41, 5.74) is 1.14. The molecule has 0 unspecified atom stereocenters. The van der Waals surface area contributed by atoms with Crippen molar-refractivity contribution >= 4 is 33.8 Å². The molecule has 0 aromatic rings. The van der Waals surface area contributed by atoms with Crippen LogP contribution in [0.25, 0.3) is 0 Å². The molecule has 1 rings (SSSR count). The maximum absolute atomic E-state index is 7.39. The van der Waals surface area contributed by atoms with Crippen LogP contribution in [-0.4, -0.2) is 11.3 Å². The van der Waals surface area contributed by atoms with Gasteiger partial charge in [-0.3, -0.25) is 5.41 Å². The first-order chi connectivity index (χ1) is 4.34. The van der Waals surface area contributed by atoms with Gasteiger partial charge in [0.15, 0.2) is 0 Å². The molecular weight excluding hydrogens is 210 g/mol. The molecule has 10 heavy (non-hydrogen) atoms. The van der Waals surface area contributed by atoms with Crippen molar-refractivity contribution in [2.24, 2.45) is 0 Å². The first kappa shape index (κ1) is 9.98. The summed E-state index contributed by atoms with van der Waals surface area (Å²) in [6, 6.07) is 0. The lowest BCUT2D eigenvalue weighted by Gasteiger charge is -1.97. The topological polar surface area (TPSA) is 23.9 Å². The zero-order chi connectivity index (χ0) is 6.69. The van der Waals surface area contributed by atoms with Gasteiger partial charge >= 0.3 is 0 Å². The molecule has 56 valence electrons. The monoisotopic (exact) mass is 219 g/mol. The lowest BCUT2D eigenvalue weighted by Crippen LogP contribution is -1.90. The first-order valence-corrected chi connectivity index (χ1v) is 4.05. The van der Waals surface area contributed by atoms with Crippen molar-refractivity contribution in [2.45, 2.75) is 6.42 Å². The molecule has 1 aliphatic rings. The minimum atomic E-state index is 0. The van der Waals surface area contributed by atoms with E-state index in [-0.39, 0.29) is 17.0 Å². The van der Waals surface area contributed by atoms with Gasteiger partial charge in [0.05, 0.1) is 5.04 Å². The first-order valence-electron chi connectivity index (χ1n) is 2.83. The van der Waals surface area contributed by atoms with Crippen molar-refractivity contribution in [2.75, 3.05) is 6.26 Å². The highest BCUT2D eigenvalue weighted by Crippen LogP contribution is 2.16. The number of hydrogen-bond donors (Lipinski definition) is 1. The van der Waals surface area contributed by atoms with Gasteiger partial charge < -0.3 is 0 Å². The molecule has 1 aliphatic carbocycles. The van der Waals surface area contributed by atoms with Crippen LogP contribution in [0, 0.1) is 5.41 Å². The Morgan fingerprint density at radius 1 is 1.70 bits per heavy atom. The molecule has 0 spiro atoms. The molecule has 0 amide bonds. The normalized spacial score (nSPS) is 14.3. The van der Waals surface area contributed by atoms with E-state index in [2.05, 4.69) is 6.08 Å². The van der Waals surface area contributed by atoms with Crippen LogP contribution in [0.15, 0.2) is 23.8 Å². The highest BCUT2D eigenvalue weighted by molar-refractivity contribution is 8.93. The standard InChI is InChI=1S/C7H9NS.BrH/c1-9-7(8)6-4-2-3-5-6;/h2-4,8H,5H2,1H3;1H. The Balaban J connectivity index is 0.000000810. The zero-order valence-electron chi connectivity index (χ0n) is 5.76. The summed E-state index contributed by atoms with van der Waals surface area (Å²) in [4.78, 5) is 0. The fourth-order valence-electron chi connectivity index (χ4n) is 0.747. The fraction of sp³-hybridized carbons (Fsp3) is 0.286. The van der Waals surface area contributed by atoms with Gasteiger partial charge in [-0.05, 0) is 18.2 Å². The van der Waals surface area contributed by atoms with E-state index in [1.54, 1.807) is 0 Å². The largest absolute Gasteiger partial charge is 0.294 e. The van der Waals surface area contributed by atoms with Gasteiger partial charge in [0.2, 0.25) is 0 Å². The van der Waals surface area contributed by atoms with Crippen molar-refractivity contribution in [3.8, 4) is 0 Å². The number of nitrogens with one attached hydrogen (secondary N) is 1. The Hall–Kier alpha value is -0.0200. The molecule has 0 aliphatic heterocycles. The van der Waals surface area contributed by atoms with Crippen molar-refractivity contribution in [1.82, 2.24) is 0 Å². The van der Waals surface area contributed by atoms with Crippen molar-refractivity contribution < 1.29 is 0 Å². The van der Waals surface area contributed by atoms with E-state index in [0.717, 1.165) is 12.0 Å². The smallest absolute Gasteiger partial charge is 0.0902 e. The van der Waals surface area contributed by atoms with Gasteiger partial charge in [-0.15, -0.1) is 28.7 Å². The summed E-state index contributed by atoms with van der Waals surface area (Å²) in [5, 5.41) is 8.08. The Morgan fingerprint density at radius 3 is 2.80 bits per heavy atom. The summed E-state index contributed by atoms with van der Waals surface area (Å²) in [7, 11) is 0. The van der Waals surface area contributed by atoms with E-state index >= 15 is 0 Å². The van der Waals surface area contributed by atoms with Crippen LogP contribution >= 0.6 is 28.7 Å².